The molecule has 0 fully saturated rings. The normalized spacial score (nSPS) is 10.5. The van der Waals surface area contributed by atoms with Crippen LogP contribution < -0.4 is 10.2 Å². The molecule has 2 aromatic carbocycles. The topological polar surface area (TPSA) is 49.4 Å². The van der Waals surface area contributed by atoms with Gasteiger partial charge in [-0.05, 0) is 48.1 Å². The highest BCUT2D eigenvalue weighted by atomic mass is 19.1. The molecule has 0 saturated heterocycles. The van der Waals surface area contributed by atoms with Gasteiger partial charge < -0.3 is 10.2 Å². The second-order valence-electron chi connectivity index (χ2n) is 6.46. The fourth-order valence-electron chi connectivity index (χ4n) is 3.11. The molecule has 2 amide bonds. The summed E-state index contributed by atoms with van der Waals surface area (Å²) in [5, 5.41) is 2.85. The van der Waals surface area contributed by atoms with E-state index in [-0.39, 0.29) is 24.2 Å². The second kappa shape index (κ2) is 9.86. The highest BCUT2D eigenvalue weighted by molar-refractivity contribution is 5.98. The summed E-state index contributed by atoms with van der Waals surface area (Å²) in [5.74, 6) is -0.638. The molecule has 27 heavy (non-hydrogen) atoms. The summed E-state index contributed by atoms with van der Waals surface area (Å²) in [4.78, 5) is 26.2. The first-order chi connectivity index (χ1) is 13.0. The molecule has 0 bridgehead atoms. The fourth-order valence-corrected chi connectivity index (χ4v) is 3.11. The summed E-state index contributed by atoms with van der Waals surface area (Å²) < 4.78 is 12.9. The van der Waals surface area contributed by atoms with Gasteiger partial charge in [-0.25, -0.2) is 4.39 Å². The predicted octanol–water partition coefficient (Wildman–Crippen LogP) is 3.66. The molecule has 0 atom stereocenters. The molecule has 0 aliphatic heterocycles. The molecule has 1 N–H and O–H groups in total. The van der Waals surface area contributed by atoms with Crippen LogP contribution in [0.3, 0.4) is 0 Å². The third kappa shape index (κ3) is 5.64. The Morgan fingerprint density at radius 2 is 1.59 bits per heavy atom. The zero-order valence-corrected chi connectivity index (χ0v) is 16.2. The number of hydrogen-bond donors (Lipinski definition) is 1. The minimum absolute atomic E-state index is 0.0111. The van der Waals surface area contributed by atoms with Crippen LogP contribution in [0.5, 0.6) is 0 Å². The van der Waals surface area contributed by atoms with Crippen molar-refractivity contribution in [2.45, 2.75) is 40.0 Å². The summed E-state index contributed by atoms with van der Waals surface area (Å²) in [5.41, 5.74) is 3.92. The molecule has 0 aliphatic carbocycles. The number of nitrogens with zero attached hydrogens (tertiary/aromatic N) is 1. The van der Waals surface area contributed by atoms with Crippen molar-refractivity contribution in [3.8, 4) is 0 Å². The summed E-state index contributed by atoms with van der Waals surface area (Å²) in [6.45, 7) is 5.99. The number of para-hydroxylation sites is 1. The number of hydrogen-bond acceptors (Lipinski definition) is 2. The number of carbonyl (C=O) groups excluding carboxylic acids is 2. The van der Waals surface area contributed by atoms with Crippen molar-refractivity contribution in [1.82, 2.24) is 5.32 Å². The van der Waals surface area contributed by atoms with Crippen LogP contribution in [-0.4, -0.2) is 24.9 Å². The lowest BCUT2D eigenvalue weighted by Gasteiger charge is -2.26. The van der Waals surface area contributed by atoms with Gasteiger partial charge in [0.25, 0.3) is 0 Å². The van der Waals surface area contributed by atoms with Gasteiger partial charge in [-0.1, -0.05) is 44.2 Å². The molecule has 0 saturated carbocycles. The maximum Gasteiger partial charge on any atom is 0.240 e. The molecular weight excluding hydrogens is 343 g/mol. The molecule has 144 valence electrons. The molecular formula is C22H27FN2O2. The van der Waals surface area contributed by atoms with Gasteiger partial charge in [0.05, 0.1) is 5.69 Å². The van der Waals surface area contributed by atoms with Crippen LogP contribution >= 0.6 is 0 Å². The van der Waals surface area contributed by atoms with Crippen LogP contribution in [0.2, 0.25) is 0 Å². The minimum Gasteiger partial charge on any atom is -0.354 e. The second-order valence-corrected chi connectivity index (χ2v) is 6.46. The van der Waals surface area contributed by atoms with Crippen LogP contribution in [0.15, 0.2) is 42.5 Å². The smallest absolute Gasteiger partial charge is 0.240 e. The summed E-state index contributed by atoms with van der Waals surface area (Å²) >= 11 is 0. The molecule has 0 unspecified atom stereocenters. The Morgan fingerprint density at radius 3 is 2.11 bits per heavy atom. The molecule has 2 rings (SSSR count). The maximum atomic E-state index is 12.9. The number of aryl methyl sites for hydroxylation is 2. The van der Waals surface area contributed by atoms with E-state index in [1.807, 2.05) is 32.0 Å². The van der Waals surface area contributed by atoms with Crippen LogP contribution in [-0.2, 0) is 28.9 Å². The van der Waals surface area contributed by atoms with Crippen LogP contribution in [0.4, 0.5) is 10.1 Å². The Labute approximate surface area is 160 Å². The van der Waals surface area contributed by atoms with Crippen molar-refractivity contribution in [2.75, 3.05) is 18.0 Å². The molecule has 0 aromatic heterocycles. The standard InChI is InChI=1S/C22H27FN2O2/c1-4-18-7-6-8-19(5-2)22(18)25(16(3)26)15-21(27)24-14-13-17-9-11-20(23)12-10-17/h6-12H,4-5,13-15H2,1-3H3,(H,24,27). The molecule has 2 aromatic rings. The third-order valence-corrected chi connectivity index (χ3v) is 4.57. The SMILES string of the molecule is CCc1cccc(CC)c1N(CC(=O)NCCc1ccc(F)cc1)C(C)=O. The molecule has 0 spiro atoms. The van der Waals surface area contributed by atoms with Gasteiger partial charge in [0, 0.05) is 13.5 Å². The number of anilines is 1. The monoisotopic (exact) mass is 370 g/mol. The number of amides is 2. The van der Waals surface area contributed by atoms with Crippen molar-refractivity contribution >= 4 is 17.5 Å². The summed E-state index contributed by atoms with van der Waals surface area (Å²) in [6, 6.07) is 12.2. The van der Waals surface area contributed by atoms with Crippen molar-refractivity contribution in [3.05, 3.63) is 65.0 Å². The van der Waals surface area contributed by atoms with Gasteiger partial charge in [-0.2, -0.15) is 0 Å². The molecule has 0 radical (unpaired) electrons. The van der Waals surface area contributed by atoms with E-state index in [9.17, 15) is 14.0 Å². The third-order valence-electron chi connectivity index (χ3n) is 4.57. The van der Waals surface area contributed by atoms with Crippen LogP contribution in [0, 0.1) is 5.82 Å². The highest BCUT2D eigenvalue weighted by Gasteiger charge is 2.20. The first-order valence-electron chi connectivity index (χ1n) is 9.36. The Morgan fingerprint density at radius 1 is 1.00 bits per heavy atom. The Bertz CT molecular complexity index is 765. The first kappa shape index (κ1) is 20.6. The highest BCUT2D eigenvalue weighted by Crippen LogP contribution is 2.27. The number of nitrogens with one attached hydrogen (secondary N) is 1. The largest absolute Gasteiger partial charge is 0.354 e. The first-order valence-corrected chi connectivity index (χ1v) is 9.36. The van der Waals surface area contributed by atoms with Crippen molar-refractivity contribution in [2.24, 2.45) is 0 Å². The van der Waals surface area contributed by atoms with E-state index in [4.69, 9.17) is 0 Å². The molecule has 0 aliphatic rings. The average Bonchev–Trinajstić information content (AvgIpc) is 2.66. The zero-order chi connectivity index (χ0) is 19.8. The van der Waals surface area contributed by atoms with E-state index in [0.29, 0.717) is 13.0 Å². The fraction of sp³-hybridized carbons (Fsp3) is 0.364. The number of halogens is 1. The summed E-state index contributed by atoms with van der Waals surface area (Å²) in [6.07, 6.45) is 2.19. The van der Waals surface area contributed by atoms with E-state index < -0.39 is 0 Å². The molecule has 4 nitrogen and oxygen atoms in total. The van der Waals surface area contributed by atoms with Crippen LogP contribution in [0.1, 0.15) is 37.5 Å². The van der Waals surface area contributed by atoms with Crippen molar-refractivity contribution < 1.29 is 14.0 Å². The van der Waals surface area contributed by atoms with Gasteiger partial charge in [0.1, 0.15) is 12.4 Å². The quantitative estimate of drug-likeness (QED) is 0.771. The molecule has 5 heteroatoms. The number of rotatable bonds is 8. The lowest BCUT2D eigenvalue weighted by Crippen LogP contribution is -2.41. The van der Waals surface area contributed by atoms with E-state index in [1.54, 1.807) is 17.0 Å². The van der Waals surface area contributed by atoms with E-state index in [0.717, 1.165) is 35.2 Å². The van der Waals surface area contributed by atoms with Gasteiger partial charge in [0.15, 0.2) is 0 Å². The number of carbonyl (C=O) groups is 2. The van der Waals surface area contributed by atoms with Crippen molar-refractivity contribution in [3.63, 3.8) is 0 Å². The Hall–Kier alpha value is -2.69. The van der Waals surface area contributed by atoms with Gasteiger partial charge in [-0.15, -0.1) is 0 Å². The van der Waals surface area contributed by atoms with Crippen LogP contribution in [0.25, 0.3) is 0 Å². The zero-order valence-electron chi connectivity index (χ0n) is 16.2. The predicted molar refractivity (Wildman–Crippen MR) is 106 cm³/mol. The minimum atomic E-state index is -0.277. The molecule has 0 heterocycles. The lowest BCUT2D eigenvalue weighted by molar-refractivity contribution is -0.123. The van der Waals surface area contributed by atoms with E-state index >= 15 is 0 Å². The Balaban J connectivity index is 2.05. The number of benzene rings is 2. The average molecular weight is 370 g/mol. The van der Waals surface area contributed by atoms with E-state index in [1.165, 1.54) is 19.1 Å². The van der Waals surface area contributed by atoms with Gasteiger partial charge in [-0.3, -0.25) is 9.59 Å². The Kier molecular flexibility index (Phi) is 7.53. The van der Waals surface area contributed by atoms with Gasteiger partial charge in [0.2, 0.25) is 11.8 Å². The maximum absolute atomic E-state index is 12.9. The van der Waals surface area contributed by atoms with Gasteiger partial charge >= 0.3 is 0 Å². The van der Waals surface area contributed by atoms with E-state index in [2.05, 4.69) is 5.32 Å². The summed E-state index contributed by atoms with van der Waals surface area (Å²) in [7, 11) is 0. The van der Waals surface area contributed by atoms with Crippen molar-refractivity contribution in [1.29, 1.82) is 0 Å². The lowest BCUT2D eigenvalue weighted by atomic mass is 10.0.